The highest BCUT2D eigenvalue weighted by molar-refractivity contribution is 5.96. The van der Waals surface area contributed by atoms with Crippen LogP contribution in [-0.4, -0.2) is 56.9 Å². The molecule has 2 aliphatic rings. The molecule has 1 saturated heterocycles. The van der Waals surface area contributed by atoms with E-state index in [4.69, 9.17) is 5.73 Å². The number of amides is 2. The molecule has 0 unspecified atom stereocenters. The summed E-state index contributed by atoms with van der Waals surface area (Å²) in [7, 11) is 1.76. The highest BCUT2D eigenvalue weighted by Crippen LogP contribution is 2.39. The van der Waals surface area contributed by atoms with Crippen molar-refractivity contribution in [2.24, 2.45) is 12.8 Å². The highest BCUT2D eigenvalue weighted by Gasteiger charge is 2.32. The molecule has 4 N–H and O–H groups in total. The van der Waals surface area contributed by atoms with Crippen molar-refractivity contribution in [2.45, 2.75) is 37.4 Å². The Morgan fingerprint density at radius 2 is 1.91 bits per heavy atom. The van der Waals surface area contributed by atoms with Crippen molar-refractivity contribution >= 4 is 29.1 Å². The van der Waals surface area contributed by atoms with E-state index >= 15 is 0 Å². The summed E-state index contributed by atoms with van der Waals surface area (Å²) in [5, 5.41) is 9.93. The average molecular weight is 479 g/mol. The number of carbonyl (C=O) groups excluding carboxylic acids is 2. The van der Waals surface area contributed by atoms with Gasteiger partial charge in [-0.1, -0.05) is 12.1 Å². The molecule has 35 heavy (non-hydrogen) atoms. The van der Waals surface area contributed by atoms with Crippen LogP contribution in [0.1, 0.15) is 51.6 Å². The standard InChI is InChI=1S/C24H27FN8O2/c1-32-12-17(10-28-32)29-23-21(22(26)34)27-11-20(31-23)33-9-8-18(25)19(13-33)30-24(35)16-6-4-15(5-7-16)14-2-3-14/h4-7,10-12,14,18-19H,2-3,8-9,13H2,1H3,(H2,26,34)(H,29,31)(H,30,35)/t18-,19+/m1/s1. The van der Waals surface area contributed by atoms with Crippen molar-refractivity contribution in [3.63, 3.8) is 0 Å². The van der Waals surface area contributed by atoms with Gasteiger partial charge in [0, 0.05) is 31.9 Å². The number of anilines is 3. The molecule has 1 saturated carbocycles. The first-order valence-electron chi connectivity index (χ1n) is 11.6. The lowest BCUT2D eigenvalue weighted by Gasteiger charge is -2.36. The number of aromatic nitrogens is 4. The number of rotatable bonds is 7. The van der Waals surface area contributed by atoms with Gasteiger partial charge >= 0.3 is 0 Å². The molecule has 11 heteroatoms. The molecule has 3 heterocycles. The minimum atomic E-state index is -1.19. The van der Waals surface area contributed by atoms with E-state index in [1.165, 1.54) is 24.6 Å². The number of nitrogens with two attached hydrogens (primary N) is 1. The van der Waals surface area contributed by atoms with Crippen molar-refractivity contribution in [2.75, 3.05) is 23.3 Å². The third-order valence-electron chi connectivity index (χ3n) is 6.35. The fraction of sp³-hybridized carbons (Fsp3) is 0.375. The summed E-state index contributed by atoms with van der Waals surface area (Å²) in [6.07, 6.45) is 6.14. The number of nitrogens with one attached hydrogen (secondary N) is 2. The largest absolute Gasteiger partial charge is 0.364 e. The fourth-order valence-electron chi connectivity index (χ4n) is 4.26. The molecule has 0 radical (unpaired) electrons. The molecule has 2 fully saturated rings. The lowest BCUT2D eigenvalue weighted by atomic mass is 10.0. The maximum Gasteiger partial charge on any atom is 0.271 e. The summed E-state index contributed by atoms with van der Waals surface area (Å²) in [5.41, 5.74) is 7.81. The second-order valence-electron chi connectivity index (χ2n) is 9.04. The molecule has 1 aliphatic heterocycles. The number of hydrogen-bond acceptors (Lipinski definition) is 7. The van der Waals surface area contributed by atoms with Gasteiger partial charge in [0.05, 0.1) is 24.1 Å². The minimum absolute atomic E-state index is 0.0162. The van der Waals surface area contributed by atoms with E-state index in [-0.39, 0.29) is 30.4 Å². The first kappa shape index (κ1) is 22.8. The Balaban J connectivity index is 1.31. The van der Waals surface area contributed by atoms with Crippen LogP contribution in [-0.2, 0) is 7.05 Å². The summed E-state index contributed by atoms with van der Waals surface area (Å²) >= 11 is 0. The first-order valence-corrected chi connectivity index (χ1v) is 11.6. The Bertz CT molecular complexity index is 1240. The van der Waals surface area contributed by atoms with E-state index < -0.39 is 18.1 Å². The number of aryl methyl sites for hydroxylation is 1. The van der Waals surface area contributed by atoms with E-state index in [1.807, 2.05) is 17.0 Å². The number of halogens is 1. The molecule has 0 bridgehead atoms. The van der Waals surface area contributed by atoms with Crippen molar-refractivity contribution in [3.05, 3.63) is 59.7 Å². The molecule has 10 nitrogen and oxygen atoms in total. The monoisotopic (exact) mass is 478 g/mol. The van der Waals surface area contributed by atoms with Crippen molar-refractivity contribution < 1.29 is 14.0 Å². The zero-order valence-electron chi connectivity index (χ0n) is 19.3. The van der Waals surface area contributed by atoms with E-state index in [2.05, 4.69) is 25.7 Å². The molecule has 182 valence electrons. The van der Waals surface area contributed by atoms with Crippen molar-refractivity contribution in [1.82, 2.24) is 25.1 Å². The van der Waals surface area contributed by atoms with Gasteiger partial charge in [0.1, 0.15) is 12.0 Å². The number of alkyl halides is 1. The molecule has 3 aromatic rings. The van der Waals surface area contributed by atoms with Crippen LogP contribution in [0, 0.1) is 0 Å². The SMILES string of the molecule is Cn1cc(Nc2nc(N3CC[C@@H](F)[C@@H](NC(=O)c4ccc(C5CC5)cc4)C3)cnc2C(N)=O)cn1. The van der Waals surface area contributed by atoms with Gasteiger partial charge in [0.2, 0.25) is 0 Å². The first-order chi connectivity index (χ1) is 16.9. The predicted octanol–water partition coefficient (Wildman–Crippen LogP) is 2.28. The number of benzene rings is 1. The van der Waals surface area contributed by atoms with Gasteiger partial charge < -0.3 is 21.3 Å². The van der Waals surface area contributed by atoms with Gasteiger partial charge in [0.15, 0.2) is 11.5 Å². The quantitative estimate of drug-likeness (QED) is 0.475. The molecule has 2 aromatic heterocycles. The van der Waals surface area contributed by atoms with Crippen LogP contribution in [0.25, 0.3) is 0 Å². The van der Waals surface area contributed by atoms with Gasteiger partial charge in [-0.15, -0.1) is 0 Å². The van der Waals surface area contributed by atoms with E-state index in [9.17, 15) is 14.0 Å². The number of hydrogen-bond donors (Lipinski definition) is 3. The minimum Gasteiger partial charge on any atom is -0.364 e. The fourth-order valence-corrected chi connectivity index (χ4v) is 4.26. The van der Waals surface area contributed by atoms with Crippen LogP contribution in [0.4, 0.5) is 21.7 Å². The zero-order chi connectivity index (χ0) is 24.5. The van der Waals surface area contributed by atoms with Gasteiger partial charge in [-0.05, 0) is 42.9 Å². The number of primary amides is 1. The maximum absolute atomic E-state index is 14.8. The summed E-state index contributed by atoms with van der Waals surface area (Å²) in [6, 6.07) is 6.81. The van der Waals surface area contributed by atoms with E-state index in [1.54, 1.807) is 36.3 Å². The van der Waals surface area contributed by atoms with Gasteiger partial charge in [-0.3, -0.25) is 14.3 Å². The molecule has 1 aliphatic carbocycles. The summed E-state index contributed by atoms with van der Waals surface area (Å²) in [4.78, 5) is 35.2. The normalized spacial score (nSPS) is 19.9. The average Bonchev–Trinajstić information content (AvgIpc) is 3.62. The number of carbonyl (C=O) groups is 2. The Kier molecular flexibility index (Phi) is 6.06. The Morgan fingerprint density at radius 3 is 2.57 bits per heavy atom. The lowest BCUT2D eigenvalue weighted by Crippen LogP contribution is -2.54. The second kappa shape index (κ2) is 9.32. The number of nitrogens with zero attached hydrogens (tertiary/aromatic N) is 5. The zero-order valence-corrected chi connectivity index (χ0v) is 19.3. The van der Waals surface area contributed by atoms with Crippen LogP contribution < -0.4 is 21.3 Å². The van der Waals surface area contributed by atoms with Crippen LogP contribution >= 0.6 is 0 Å². The maximum atomic E-state index is 14.8. The summed E-state index contributed by atoms with van der Waals surface area (Å²) in [6.45, 7) is 0.602. The topological polar surface area (TPSA) is 131 Å². The van der Waals surface area contributed by atoms with E-state index in [0.717, 1.165) is 0 Å². The molecule has 0 spiro atoms. The van der Waals surface area contributed by atoms with Crippen LogP contribution in [0.2, 0.25) is 0 Å². The molecule has 5 rings (SSSR count). The third kappa shape index (κ3) is 5.08. The van der Waals surface area contributed by atoms with Gasteiger partial charge in [0.25, 0.3) is 11.8 Å². The summed E-state index contributed by atoms with van der Waals surface area (Å²) in [5.74, 6) is 0.198. The molecule has 1 aromatic carbocycles. The molecule has 2 atom stereocenters. The van der Waals surface area contributed by atoms with Crippen LogP contribution in [0.15, 0.2) is 42.9 Å². The van der Waals surface area contributed by atoms with Crippen molar-refractivity contribution in [1.29, 1.82) is 0 Å². The van der Waals surface area contributed by atoms with Crippen molar-refractivity contribution in [3.8, 4) is 0 Å². The van der Waals surface area contributed by atoms with Crippen LogP contribution in [0.3, 0.4) is 0 Å². The highest BCUT2D eigenvalue weighted by atomic mass is 19.1. The Morgan fingerprint density at radius 1 is 1.14 bits per heavy atom. The third-order valence-corrected chi connectivity index (χ3v) is 6.35. The van der Waals surface area contributed by atoms with Gasteiger partial charge in [-0.25, -0.2) is 14.4 Å². The Hall–Kier alpha value is -4.02. The summed E-state index contributed by atoms with van der Waals surface area (Å²) < 4.78 is 16.4. The molecular formula is C24H27FN8O2. The van der Waals surface area contributed by atoms with Crippen LogP contribution in [0.5, 0.6) is 0 Å². The predicted molar refractivity (Wildman–Crippen MR) is 128 cm³/mol. The molecule has 2 amide bonds. The molecular weight excluding hydrogens is 451 g/mol. The lowest BCUT2D eigenvalue weighted by molar-refractivity contribution is 0.0899. The number of piperidine rings is 1. The smallest absolute Gasteiger partial charge is 0.271 e. The Labute approximate surface area is 201 Å². The van der Waals surface area contributed by atoms with E-state index in [0.29, 0.717) is 29.5 Å². The van der Waals surface area contributed by atoms with Gasteiger partial charge in [-0.2, -0.15) is 5.10 Å². The second-order valence-corrected chi connectivity index (χ2v) is 9.04.